The average molecular weight is 372 g/mol. The zero-order chi connectivity index (χ0) is 18.5. The number of benzene rings is 2. The predicted octanol–water partition coefficient (Wildman–Crippen LogP) is 3.43. The van der Waals surface area contributed by atoms with Gasteiger partial charge in [-0.15, -0.1) is 10.2 Å². The first-order valence-corrected chi connectivity index (χ1v) is 8.60. The van der Waals surface area contributed by atoms with Gasteiger partial charge in [-0.1, -0.05) is 11.8 Å². The minimum Gasteiger partial charge on any atom is -0.508 e. The van der Waals surface area contributed by atoms with Crippen LogP contribution in [0.5, 0.6) is 17.2 Å². The third-order valence-corrected chi connectivity index (χ3v) is 4.38. The van der Waals surface area contributed by atoms with Gasteiger partial charge in [0.1, 0.15) is 17.2 Å². The number of phenolic OH excluding ortho intramolecular Hbond substituents is 1. The number of aromatic nitrogens is 2. The molecule has 134 valence electrons. The zero-order valence-electron chi connectivity index (χ0n) is 14.1. The quantitative estimate of drug-likeness (QED) is 0.498. The Morgan fingerprint density at radius 1 is 1.12 bits per heavy atom. The largest absolute Gasteiger partial charge is 0.508 e. The highest BCUT2D eigenvalue weighted by Crippen LogP contribution is 2.33. The van der Waals surface area contributed by atoms with Crippen LogP contribution in [0, 0.1) is 0 Å². The number of ketones is 1. The van der Waals surface area contributed by atoms with E-state index in [4.69, 9.17) is 13.9 Å². The van der Waals surface area contributed by atoms with Gasteiger partial charge in [0.2, 0.25) is 0 Å². The smallest absolute Gasteiger partial charge is 0.277 e. The lowest BCUT2D eigenvalue weighted by molar-refractivity contribution is 0.102. The van der Waals surface area contributed by atoms with E-state index in [0.29, 0.717) is 28.5 Å². The van der Waals surface area contributed by atoms with E-state index in [2.05, 4.69) is 10.2 Å². The molecule has 26 heavy (non-hydrogen) atoms. The second-order valence-corrected chi connectivity index (χ2v) is 6.12. The summed E-state index contributed by atoms with van der Waals surface area (Å²) >= 11 is 1.15. The highest BCUT2D eigenvalue weighted by Gasteiger charge is 2.16. The molecule has 0 spiro atoms. The third kappa shape index (κ3) is 3.97. The van der Waals surface area contributed by atoms with Crippen LogP contribution in [0.2, 0.25) is 0 Å². The number of carbonyl (C=O) groups excluding carboxylic acids is 1. The maximum atomic E-state index is 12.2. The Morgan fingerprint density at radius 3 is 2.58 bits per heavy atom. The van der Waals surface area contributed by atoms with Crippen molar-refractivity contribution in [3.8, 4) is 28.7 Å². The van der Waals surface area contributed by atoms with Gasteiger partial charge < -0.3 is 19.0 Å². The number of nitrogens with zero attached hydrogens (tertiary/aromatic N) is 2. The second kappa shape index (κ2) is 7.92. The molecule has 0 unspecified atom stereocenters. The molecule has 7 nitrogen and oxygen atoms in total. The fourth-order valence-corrected chi connectivity index (χ4v) is 2.87. The molecule has 1 aromatic heterocycles. The maximum Gasteiger partial charge on any atom is 0.277 e. The molecule has 0 bridgehead atoms. The van der Waals surface area contributed by atoms with Gasteiger partial charge in [0.25, 0.3) is 11.1 Å². The van der Waals surface area contributed by atoms with Gasteiger partial charge in [0, 0.05) is 11.6 Å². The number of phenols is 1. The van der Waals surface area contributed by atoms with Gasteiger partial charge >= 0.3 is 0 Å². The van der Waals surface area contributed by atoms with Crippen LogP contribution >= 0.6 is 11.8 Å². The molecule has 0 atom stereocenters. The molecule has 0 saturated carbocycles. The summed E-state index contributed by atoms with van der Waals surface area (Å²) in [4.78, 5) is 12.2. The summed E-state index contributed by atoms with van der Waals surface area (Å²) in [7, 11) is 3.11. The molecule has 1 heterocycles. The maximum absolute atomic E-state index is 12.2. The molecule has 3 rings (SSSR count). The Labute approximate surface area is 154 Å². The van der Waals surface area contributed by atoms with Crippen molar-refractivity contribution in [1.82, 2.24) is 10.2 Å². The molecule has 2 aromatic carbocycles. The van der Waals surface area contributed by atoms with Crippen LogP contribution in [-0.2, 0) is 0 Å². The van der Waals surface area contributed by atoms with Crippen molar-refractivity contribution in [3.63, 3.8) is 0 Å². The van der Waals surface area contributed by atoms with Crippen LogP contribution < -0.4 is 9.47 Å². The Morgan fingerprint density at radius 2 is 1.88 bits per heavy atom. The van der Waals surface area contributed by atoms with E-state index in [1.165, 1.54) is 12.1 Å². The van der Waals surface area contributed by atoms with E-state index >= 15 is 0 Å². The van der Waals surface area contributed by atoms with Gasteiger partial charge in [-0.05, 0) is 36.4 Å². The molecular weight excluding hydrogens is 356 g/mol. The number of hydrogen-bond donors (Lipinski definition) is 1. The van der Waals surface area contributed by atoms with E-state index in [9.17, 15) is 9.90 Å². The lowest BCUT2D eigenvalue weighted by Gasteiger charge is -2.07. The minimum atomic E-state index is -0.100. The first kappa shape index (κ1) is 17.8. The molecular formula is C18H16N2O5S. The monoisotopic (exact) mass is 372 g/mol. The van der Waals surface area contributed by atoms with Gasteiger partial charge in [0.15, 0.2) is 5.78 Å². The lowest BCUT2D eigenvalue weighted by atomic mass is 10.1. The average Bonchev–Trinajstić information content (AvgIpc) is 3.15. The normalized spacial score (nSPS) is 10.5. The Balaban J connectivity index is 1.70. The summed E-state index contributed by atoms with van der Waals surface area (Å²) in [5.74, 6) is 1.65. The van der Waals surface area contributed by atoms with Gasteiger partial charge in [-0.2, -0.15) is 0 Å². The number of aromatic hydroxyl groups is 1. The van der Waals surface area contributed by atoms with Gasteiger partial charge in [-0.25, -0.2) is 0 Å². The van der Waals surface area contributed by atoms with Crippen LogP contribution in [0.15, 0.2) is 52.1 Å². The number of methoxy groups -OCH3 is 2. The second-order valence-electron chi connectivity index (χ2n) is 5.20. The highest BCUT2D eigenvalue weighted by atomic mass is 32.2. The third-order valence-electron chi connectivity index (χ3n) is 3.56. The molecule has 0 aliphatic heterocycles. The summed E-state index contributed by atoms with van der Waals surface area (Å²) in [6, 6.07) is 11.3. The van der Waals surface area contributed by atoms with E-state index in [-0.39, 0.29) is 22.5 Å². The fraction of sp³-hybridized carbons (Fsp3) is 0.167. The zero-order valence-corrected chi connectivity index (χ0v) is 14.9. The number of rotatable bonds is 7. The molecule has 3 aromatic rings. The van der Waals surface area contributed by atoms with E-state index < -0.39 is 0 Å². The molecule has 0 saturated heterocycles. The summed E-state index contributed by atoms with van der Waals surface area (Å²) in [5.41, 5.74) is 1.14. The molecule has 0 aliphatic rings. The molecule has 0 radical (unpaired) electrons. The van der Waals surface area contributed by atoms with Crippen molar-refractivity contribution in [2.75, 3.05) is 20.0 Å². The highest BCUT2D eigenvalue weighted by molar-refractivity contribution is 7.99. The standard InChI is InChI=1S/C18H16N2O5S/c1-23-13-7-8-14(16(9-13)24-2)17-19-20-18(25-17)26-10-15(22)11-3-5-12(21)6-4-11/h3-9,21H,10H2,1-2H3. The van der Waals surface area contributed by atoms with Crippen molar-refractivity contribution in [2.45, 2.75) is 5.22 Å². The molecule has 0 amide bonds. The van der Waals surface area contributed by atoms with Crippen molar-refractivity contribution < 1.29 is 23.8 Å². The van der Waals surface area contributed by atoms with Crippen LogP contribution in [0.4, 0.5) is 0 Å². The molecule has 8 heteroatoms. The Bertz CT molecular complexity index is 908. The first-order valence-electron chi connectivity index (χ1n) is 7.61. The lowest BCUT2D eigenvalue weighted by Crippen LogP contribution is -2.01. The van der Waals surface area contributed by atoms with E-state index in [1.54, 1.807) is 44.6 Å². The summed E-state index contributed by atoms with van der Waals surface area (Å²) in [5, 5.41) is 17.5. The minimum absolute atomic E-state index is 0.100. The molecule has 1 N–H and O–H groups in total. The topological polar surface area (TPSA) is 94.7 Å². The van der Waals surface area contributed by atoms with Gasteiger partial charge in [-0.3, -0.25) is 4.79 Å². The molecule has 0 aliphatic carbocycles. The van der Waals surface area contributed by atoms with Crippen molar-refractivity contribution in [2.24, 2.45) is 0 Å². The summed E-state index contributed by atoms with van der Waals surface area (Å²) < 4.78 is 16.1. The van der Waals surface area contributed by atoms with E-state index in [0.717, 1.165) is 11.8 Å². The Hall–Kier alpha value is -3.00. The number of thioether (sulfide) groups is 1. The number of Topliss-reactive ketones (excluding diaryl/α,β-unsaturated/α-hetero) is 1. The van der Waals surface area contributed by atoms with Crippen LogP contribution in [0.1, 0.15) is 10.4 Å². The predicted molar refractivity (Wildman–Crippen MR) is 96.0 cm³/mol. The van der Waals surface area contributed by atoms with Crippen molar-refractivity contribution in [1.29, 1.82) is 0 Å². The van der Waals surface area contributed by atoms with Crippen molar-refractivity contribution >= 4 is 17.5 Å². The van der Waals surface area contributed by atoms with Crippen molar-refractivity contribution in [3.05, 3.63) is 48.0 Å². The van der Waals surface area contributed by atoms with Gasteiger partial charge in [0.05, 0.1) is 25.5 Å². The van der Waals surface area contributed by atoms with E-state index in [1.807, 2.05) is 0 Å². The molecule has 0 fully saturated rings. The number of ether oxygens (including phenoxy) is 2. The fourth-order valence-electron chi connectivity index (χ4n) is 2.21. The van der Waals surface area contributed by atoms with Crippen LogP contribution in [-0.4, -0.2) is 41.1 Å². The SMILES string of the molecule is COc1ccc(-c2nnc(SCC(=O)c3ccc(O)cc3)o2)c(OC)c1. The Kier molecular flexibility index (Phi) is 5.43. The van der Waals surface area contributed by atoms with Crippen LogP contribution in [0.25, 0.3) is 11.5 Å². The van der Waals surface area contributed by atoms with Crippen LogP contribution in [0.3, 0.4) is 0 Å². The summed E-state index contributed by atoms with van der Waals surface area (Å²) in [6.45, 7) is 0. The number of carbonyl (C=O) groups is 1. The number of hydrogen-bond acceptors (Lipinski definition) is 8. The first-order chi connectivity index (χ1) is 12.6. The summed E-state index contributed by atoms with van der Waals surface area (Å²) in [6.07, 6.45) is 0.